The lowest BCUT2D eigenvalue weighted by molar-refractivity contribution is 0.354. The molecule has 18 heavy (non-hydrogen) atoms. The highest BCUT2D eigenvalue weighted by molar-refractivity contribution is 5.74. The Bertz CT molecular complexity index is 629. The van der Waals surface area contributed by atoms with Crippen LogP contribution in [0.1, 0.15) is 38.1 Å². The van der Waals surface area contributed by atoms with Gasteiger partial charge in [-0.1, -0.05) is 19.3 Å². The van der Waals surface area contributed by atoms with Gasteiger partial charge in [0, 0.05) is 18.2 Å². The molecule has 2 aromatic rings. The van der Waals surface area contributed by atoms with Crippen molar-refractivity contribution >= 4 is 11.0 Å². The van der Waals surface area contributed by atoms with Crippen molar-refractivity contribution in [3.63, 3.8) is 0 Å². The molecule has 94 valence electrons. The van der Waals surface area contributed by atoms with Crippen LogP contribution in [0.15, 0.2) is 29.2 Å². The summed E-state index contributed by atoms with van der Waals surface area (Å²) in [6.45, 7) is 0. The van der Waals surface area contributed by atoms with Crippen molar-refractivity contribution in [2.45, 2.75) is 38.1 Å². The average molecular weight is 246 g/mol. The van der Waals surface area contributed by atoms with Crippen LogP contribution in [0.5, 0.6) is 0 Å². The molecule has 0 saturated heterocycles. The minimum absolute atomic E-state index is 0.0539. The molecule has 0 unspecified atom stereocenters. The van der Waals surface area contributed by atoms with Gasteiger partial charge < -0.3 is 4.57 Å². The van der Waals surface area contributed by atoms with Crippen LogP contribution in [0, 0.1) is 5.82 Å². The maximum absolute atomic E-state index is 13.3. The summed E-state index contributed by atoms with van der Waals surface area (Å²) >= 11 is 0. The second-order valence-electron chi connectivity index (χ2n) is 4.89. The molecule has 3 nitrogen and oxygen atoms in total. The van der Waals surface area contributed by atoms with Gasteiger partial charge in [0.1, 0.15) is 5.82 Å². The van der Waals surface area contributed by atoms with Gasteiger partial charge in [0.05, 0.1) is 17.2 Å². The van der Waals surface area contributed by atoms with Gasteiger partial charge in [0.15, 0.2) is 0 Å². The quantitative estimate of drug-likeness (QED) is 0.775. The van der Waals surface area contributed by atoms with Gasteiger partial charge in [-0.3, -0.25) is 9.78 Å². The number of halogens is 1. The summed E-state index contributed by atoms with van der Waals surface area (Å²) in [5, 5.41) is 0. The topological polar surface area (TPSA) is 34.9 Å². The standard InChI is InChI=1S/C14H15FN2O/c15-10-8-13-12(16-9-10)6-7-14(18)17(13)11-4-2-1-3-5-11/h6-9,11H,1-5H2. The molecule has 1 saturated carbocycles. The van der Waals surface area contributed by atoms with Gasteiger partial charge in [0.25, 0.3) is 5.56 Å². The van der Waals surface area contributed by atoms with E-state index in [2.05, 4.69) is 4.98 Å². The third kappa shape index (κ3) is 1.92. The Morgan fingerprint density at radius 3 is 2.78 bits per heavy atom. The molecule has 0 aliphatic heterocycles. The summed E-state index contributed by atoms with van der Waals surface area (Å²) in [6, 6.07) is 4.80. The molecule has 4 heteroatoms. The number of pyridine rings is 2. The third-order valence-corrected chi connectivity index (χ3v) is 3.68. The highest BCUT2D eigenvalue weighted by Gasteiger charge is 2.18. The van der Waals surface area contributed by atoms with Crippen LogP contribution < -0.4 is 5.56 Å². The monoisotopic (exact) mass is 246 g/mol. The van der Waals surface area contributed by atoms with E-state index in [-0.39, 0.29) is 11.6 Å². The summed E-state index contributed by atoms with van der Waals surface area (Å²) in [7, 11) is 0. The molecular formula is C14H15FN2O. The predicted octanol–water partition coefficient (Wildman–Crippen LogP) is 3.04. The van der Waals surface area contributed by atoms with Crippen LogP contribution >= 0.6 is 0 Å². The highest BCUT2D eigenvalue weighted by Crippen LogP contribution is 2.29. The number of hydrogen-bond donors (Lipinski definition) is 0. The van der Waals surface area contributed by atoms with Crippen LogP contribution in [-0.4, -0.2) is 9.55 Å². The van der Waals surface area contributed by atoms with Crippen LogP contribution in [-0.2, 0) is 0 Å². The van der Waals surface area contributed by atoms with Crippen LogP contribution in [0.2, 0.25) is 0 Å². The average Bonchev–Trinajstić information content (AvgIpc) is 2.39. The molecule has 1 aliphatic rings. The Kier molecular flexibility index (Phi) is 2.86. The molecule has 2 aromatic heterocycles. The fourth-order valence-electron chi connectivity index (χ4n) is 2.83. The molecule has 0 radical (unpaired) electrons. The minimum Gasteiger partial charge on any atom is -0.304 e. The number of aromatic nitrogens is 2. The van der Waals surface area contributed by atoms with E-state index in [1.807, 2.05) is 0 Å². The van der Waals surface area contributed by atoms with Crippen molar-refractivity contribution in [3.8, 4) is 0 Å². The number of hydrogen-bond acceptors (Lipinski definition) is 2. The van der Waals surface area contributed by atoms with Crippen LogP contribution in [0.4, 0.5) is 4.39 Å². The van der Waals surface area contributed by atoms with Crippen molar-refractivity contribution in [1.82, 2.24) is 9.55 Å². The smallest absolute Gasteiger partial charge is 0.251 e. The lowest BCUT2D eigenvalue weighted by Crippen LogP contribution is -2.26. The maximum Gasteiger partial charge on any atom is 0.251 e. The Labute approximate surface area is 104 Å². The predicted molar refractivity (Wildman–Crippen MR) is 68.1 cm³/mol. The summed E-state index contributed by atoms with van der Waals surface area (Å²) in [6.07, 6.45) is 6.68. The fourth-order valence-corrected chi connectivity index (χ4v) is 2.83. The van der Waals surface area contributed by atoms with Crippen LogP contribution in [0.3, 0.4) is 0 Å². The van der Waals surface area contributed by atoms with E-state index in [1.54, 1.807) is 10.6 Å². The van der Waals surface area contributed by atoms with Crippen LogP contribution in [0.25, 0.3) is 11.0 Å². The van der Waals surface area contributed by atoms with Crippen molar-refractivity contribution in [3.05, 3.63) is 40.6 Å². The Balaban J connectivity index is 2.21. The van der Waals surface area contributed by atoms with E-state index in [9.17, 15) is 9.18 Å². The van der Waals surface area contributed by atoms with E-state index in [1.165, 1.54) is 24.8 Å². The molecule has 2 heterocycles. The molecular weight excluding hydrogens is 231 g/mol. The fraction of sp³-hybridized carbons (Fsp3) is 0.429. The maximum atomic E-state index is 13.3. The summed E-state index contributed by atoms with van der Waals surface area (Å²) in [5.41, 5.74) is 1.25. The molecule has 0 bridgehead atoms. The molecule has 3 rings (SSSR count). The van der Waals surface area contributed by atoms with E-state index < -0.39 is 5.82 Å². The summed E-state index contributed by atoms with van der Waals surface area (Å²) < 4.78 is 15.1. The molecule has 0 atom stereocenters. The van der Waals surface area contributed by atoms with Gasteiger partial charge in [-0.05, 0) is 18.9 Å². The van der Waals surface area contributed by atoms with Gasteiger partial charge in [-0.25, -0.2) is 4.39 Å². The van der Waals surface area contributed by atoms with Crippen molar-refractivity contribution < 1.29 is 4.39 Å². The largest absolute Gasteiger partial charge is 0.304 e. The Morgan fingerprint density at radius 2 is 2.00 bits per heavy atom. The van der Waals surface area contributed by atoms with Gasteiger partial charge >= 0.3 is 0 Å². The Morgan fingerprint density at radius 1 is 1.22 bits per heavy atom. The van der Waals surface area contributed by atoms with E-state index in [4.69, 9.17) is 0 Å². The first-order valence-electron chi connectivity index (χ1n) is 6.42. The molecule has 0 spiro atoms. The number of nitrogens with zero attached hydrogens (tertiary/aromatic N) is 2. The van der Waals surface area contributed by atoms with Gasteiger partial charge in [-0.2, -0.15) is 0 Å². The minimum atomic E-state index is -0.391. The van der Waals surface area contributed by atoms with E-state index >= 15 is 0 Å². The first-order chi connectivity index (χ1) is 8.75. The van der Waals surface area contributed by atoms with Crippen molar-refractivity contribution in [2.75, 3.05) is 0 Å². The van der Waals surface area contributed by atoms with Crippen molar-refractivity contribution in [1.29, 1.82) is 0 Å². The zero-order chi connectivity index (χ0) is 12.5. The summed E-state index contributed by atoms with van der Waals surface area (Å²) in [5.74, 6) is -0.391. The summed E-state index contributed by atoms with van der Waals surface area (Å²) in [4.78, 5) is 16.1. The van der Waals surface area contributed by atoms with E-state index in [0.717, 1.165) is 25.7 Å². The van der Waals surface area contributed by atoms with Gasteiger partial charge in [0.2, 0.25) is 0 Å². The van der Waals surface area contributed by atoms with E-state index in [0.29, 0.717) is 11.0 Å². The first-order valence-corrected chi connectivity index (χ1v) is 6.42. The SMILES string of the molecule is O=c1ccc2ncc(F)cc2n1C1CCCCC1. The molecule has 0 N–H and O–H groups in total. The van der Waals surface area contributed by atoms with Crippen molar-refractivity contribution in [2.24, 2.45) is 0 Å². The Hall–Kier alpha value is -1.71. The van der Waals surface area contributed by atoms with Gasteiger partial charge in [-0.15, -0.1) is 0 Å². The zero-order valence-electron chi connectivity index (χ0n) is 10.1. The second kappa shape index (κ2) is 4.52. The highest BCUT2D eigenvalue weighted by atomic mass is 19.1. The normalized spacial score (nSPS) is 17.2. The molecule has 0 amide bonds. The number of rotatable bonds is 1. The lowest BCUT2D eigenvalue weighted by atomic mass is 9.95. The third-order valence-electron chi connectivity index (χ3n) is 3.68. The lowest BCUT2D eigenvalue weighted by Gasteiger charge is -2.25. The zero-order valence-corrected chi connectivity index (χ0v) is 10.1. The molecule has 1 aliphatic carbocycles. The number of fused-ring (bicyclic) bond motifs is 1. The first kappa shape index (κ1) is 11.4. The molecule has 1 fully saturated rings. The second-order valence-corrected chi connectivity index (χ2v) is 4.89. The molecule has 0 aromatic carbocycles.